The lowest BCUT2D eigenvalue weighted by Gasteiger charge is -2.41. The van der Waals surface area contributed by atoms with Crippen LogP contribution < -0.4 is 10.6 Å². The first kappa shape index (κ1) is 29.3. The number of nitrogens with one attached hydrogen (secondary N) is 2. The number of hydrogen-bond donors (Lipinski definition) is 3. The van der Waals surface area contributed by atoms with Crippen molar-refractivity contribution in [3.8, 4) is 0 Å². The topological polar surface area (TPSA) is 98.7 Å². The van der Waals surface area contributed by atoms with Crippen LogP contribution in [0.15, 0.2) is 0 Å². The Morgan fingerprint density at radius 3 is 2.33 bits per heavy atom. The van der Waals surface area contributed by atoms with Gasteiger partial charge in [-0.15, -0.1) is 11.8 Å². The molecule has 2 unspecified atom stereocenters. The molecule has 8 heteroatoms. The SMILES string of the molecule is CCCNC(=O)[C@H]1[C@H]2C(=O)N([C@@H](CO)[C@@H](C)CC)C(C(=O)NC(C)(C)CC(C)(C)C)C23CC[C@]1(C)S3. The van der Waals surface area contributed by atoms with Crippen LogP contribution in [0.4, 0.5) is 0 Å². The van der Waals surface area contributed by atoms with E-state index in [-0.39, 0.29) is 40.4 Å². The highest BCUT2D eigenvalue weighted by Gasteiger charge is 2.77. The fourth-order valence-corrected chi connectivity index (χ4v) is 9.71. The minimum atomic E-state index is -0.712. The largest absolute Gasteiger partial charge is 0.394 e. The Morgan fingerprint density at radius 2 is 1.81 bits per heavy atom. The second-order valence-electron chi connectivity index (χ2n) is 13.5. The Balaban J connectivity index is 2.07. The lowest BCUT2D eigenvalue weighted by Crippen LogP contribution is -2.61. The van der Waals surface area contributed by atoms with Gasteiger partial charge in [-0.1, -0.05) is 48.0 Å². The molecule has 0 aliphatic carbocycles. The molecule has 0 aromatic heterocycles. The predicted octanol–water partition coefficient (Wildman–Crippen LogP) is 3.73. The number of rotatable bonds is 10. The molecule has 3 aliphatic rings. The average Bonchev–Trinajstić information content (AvgIpc) is 3.31. The van der Waals surface area contributed by atoms with Crippen molar-refractivity contribution in [2.24, 2.45) is 23.2 Å². The molecule has 3 fully saturated rings. The highest BCUT2D eigenvalue weighted by molar-refractivity contribution is 8.02. The molecule has 3 heterocycles. The number of carbonyl (C=O) groups excluding carboxylic acids is 3. The Bertz CT molecular complexity index is 871. The summed E-state index contributed by atoms with van der Waals surface area (Å²) in [5.41, 5.74) is -0.448. The molecule has 3 aliphatic heterocycles. The van der Waals surface area contributed by atoms with Gasteiger partial charge >= 0.3 is 0 Å². The van der Waals surface area contributed by atoms with Crippen molar-refractivity contribution in [2.45, 2.75) is 122 Å². The summed E-state index contributed by atoms with van der Waals surface area (Å²) in [4.78, 5) is 43.6. The number of amides is 3. The van der Waals surface area contributed by atoms with E-state index in [9.17, 15) is 19.5 Å². The number of nitrogens with zero attached hydrogens (tertiary/aromatic N) is 1. The second kappa shape index (κ2) is 10.1. The lowest BCUT2D eigenvalue weighted by atomic mass is 9.66. The monoisotopic (exact) mass is 523 g/mol. The number of hydrogen-bond acceptors (Lipinski definition) is 5. The normalized spacial score (nSPS) is 33.4. The first-order valence-corrected chi connectivity index (χ1v) is 14.6. The van der Waals surface area contributed by atoms with Crippen LogP contribution in [0.1, 0.15) is 94.4 Å². The Kier molecular flexibility index (Phi) is 8.23. The van der Waals surface area contributed by atoms with Gasteiger partial charge in [0.25, 0.3) is 0 Å². The highest BCUT2D eigenvalue weighted by atomic mass is 32.2. The van der Waals surface area contributed by atoms with E-state index in [4.69, 9.17) is 0 Å². The molecule has 3 rings (SSSR count). The zero-order valence-electron chi connectivity index (χ0n) is 23.9. The molecule has 0 saturated carbocycles. The second-order valence-corrected chi connectivity index (χ2v) is 15.4. The Hall–Kier alpha value is -1.28. The van der Waals surface area contributed by atoms with Gasteiger partial charge in [-0.3, -0.25) is 14.4 Å². The van der Waals surface area contributed by atoms with Crippen LogP contribution >= 0.6 is 11.8 Å². The van der Waals surface area contributed by atoms with E-state index in [2.05, 4.69) is 38.3 Å². The Labute approximate surface area is 222 Å². The fourth-order valence-electron chi connectivity index (χ4n) is 7.37. The van der Waals surface area contributed by atoms with Gasteiger partial charge in [-0.25, -0.2) is 0 Å². The van der Waals surface area contributed by atoms with Crippen LogP contribution in [-0.4, -0.2) is 68.0 Å². The molecule has 1 spiro atoms. The van der Waals surface area contributed by atoms with Gasteiger partial charge in [0, 0.05) is 16.8 Å². The predicted molar refractivity (Wildman–Crippen MR) is 145 cm³/mol. The molecule has 3 amide bonds. The van der Waals surface area contributed by atoms with Crippen molar-refractivity contribution in [1.29, 1.82) is 0 Å². The van der Waals surface area contributed by atoms with E-state index >= 15 is 0 Å². The van der Waals surface area contributed by atoms with Crippen molar-refractivity contribution < 1.29 is 19.5 Å². The van der Waals surface area contributed by atoms with E-state index in [1.807, 2.05) is 34.6 Å². The van der Waals surface area contributed by atoms with E-state index in [1.165, 1.54) is 0 Å². The third kappa shape index (κ3) is 5.05. The maximum absolute atomic E-state index is 14.3. The smallest absolute Gasteiger partial charge is 0.244 e. The summed E-state index contributed by atoms with van der Waals surface area (Å²) < 4.78 is -1.04. The summed E-state index contributed by atoms with van der Waals surface area (Å²) in [6.45, 7) is 19.1. The van der Waals surface area contributed by atoms with Crippen LogP contribution in [0.5, 0.6) is 0 Å². The van der Waals surface area contributed by atoms with Gasteiger partial charge in [-0.2, -0.15) is 0 Å². The van der Waals surface area contributed by atoms with Gasteiger partial charge in [0.1, 0.15) is 6.04 Å². The standard InChI is InChI=1S/C28H49N3O4S/c1-10-14-29-22(33)19-20-24(35)31(18(15-32)17(3)11-2)21(28(20)13-12-27(19,9)36-28)23(34)30-26(7,8)16-25(4,5)6/h17-21,32H,10-16H2,1-9H3,(H,29,33)(H,30,34)/t17-,18-,19+,20-,21?,27-,28?/m0/s1. The van der Waals surface area contributed by atoms with Crippen LogP contribution in [0.25, 0.3) is 0 Å². The minimum absolute atomic E-state index is 0.0175. The van der Waals surface area contributed by atoms with Crippen LogP contribution in [0.2, 0.25) is 0 Å². The first-order chi connectivity index (χ1) is 16.6. The Morgan fingerprint density at radius 1 is 1.17 bits per heavy atom. The van der Waals surface area contributed by atoms with Gasteiger partial charge in [-0.05, 0) is 57.8 Å². The fraction of sp³-hybridized carbons (Fsp3) is 0.893. The highest BCUT2D eigenvalue weighted by Crippen LogP contribution is 2.71. The van der Waals surface area contributed by atoms with E-state index in [1.54, 1.807) is 16.7 Å². The molecule has 2 bridgehead atoms. The molecular formula is C28H49N3O4S. The zero-order valence-corrected chi connectivity index (χ0v) is 24.7. The van der Waals surface area contributed by atoms with Crippen molar-refractivity contribution in [2.75, 3.05) is 13.2 Å². The summed E-state index contributed by atoms with van der Waals surface area (Å²) in [6.07, 6.45) is 3.90. The summed E-state index contributed by atoms with van der Waals surface area (Å²) in [5.74, 6) is -1.39. The molecule has 0 aromatic carbocycles. The first-order valence-electron chi connectivity index (χ1n) is 13.8. The van der Waals surface area contributed by atoms with E-state index in [0.29, 0.717) is 6.54 Å². The minimum Gasteiger partial charge on any atom is -0.394 e. The van der Waals surface area contributed by atoms with Crippen molar-refractivity contribution >= 4 is 29.5 Å². The molecule has 36 heavy (non-hydrogen) atoms. The van der Waals surface area contributed by atoms with E-state index < -0.39 is 34.2 Å². The number of likely N-dealkylation sites (tertiary alicyclic amines) is 1. The summed E-state index contributed by atoms with van der Waals surface area (Å²) in [6, 6.07) is -1.17. The van der Waals surface area contributed by atoms with Gasteiger partial charge in [0.2, 0.25) is 17.7 Å². The molecule has 3 N–H and O–H groups in total. The summed E-state index contributed by atoms with van der Waals surface area (Å²) >= 11 is 1.69. The van der Waals surface area contributed by atoms with Crippen LogP contribution in [-0.2, 0) is 14.4 Å². The maximum atomic E-state index is 14.3. The zero-order chi connectivity index (χ0) is 27.3. The quantitative estimate of drug-likeness (QED) is 0.405. The van der Waals surface area contributed by atoms with Crippen molar-refractivity contribution in [3.63, 3.8) is 0 Å². The lowest BCUT2D eigenvalue weighted by molar-refractivity contribution is -0.144. The molecule has 7 atom stereocenters. The average molecular weight is 524 g/mol. The number of thioether (sulfide) groups is 1. The van der Waals surface area contributed by atoms with Crippen molar-refractivity contribution in [3.05, 3.63) is 0 Å². The molecule has 0 aromatic rings. The molecule has 3 saturated heterocycles. The third-order valence-corrected chi connectivity index (χ3v) is 10.6. The number of aliphatic hydroxyl groups excluding tert-OH is 1. The summed E-state index contributed by atoms with van der Waals surface area (Å²) in [5, 5.41) is 16.8. The molecule has 7 nitrogen and oxygen atoms in total. The molecule has 0 radical (unpaired) electrons. The number of aliphatic hydroxyl groups is 1. The van der Waals surface area contributed by atoms with Crippen molar-refractivity contribution in [1.82, 2.24) is 15.5 Å². The third-order valence-electron chi connectivity index (χ3n) is 8.57. The van der Waals surface area contributed by atoms with Gasteiger partial charge in [0.15, 0.2) is 0 Å². The number of fused-ring (bicyclic) bond motifs is 1. The molecule has 206 valence electrons. The van der Waals surface area contributed by atoms with Crippen LogP contribution in [0.3, 0.4) is 0 Å². The number of carbonyl (C=O) groups is 3. The maximum Gasteiger partial charge on any atom is 0.244 e. The van der Waals surface area contributed by atoms with E-state index in [0.717, 1.165) is 32.1 Å². The van der Waals surface area contributed by atoms with Crippen LogP contribution in [0, 0.1) is 23.2 Å². The molecular weight excluding hydrogens is 474 g/mol. The van der Waals surface area contributed by atoms with Gasteiger partial charge < -0.3 is 20.6 Å². The van der Waals surface area contributed by atoms with Gasteiger partial charge in [0.05, 0.1) is 29.2 Å². The summed E-state index contributed by atoms with van der Waals surface area (Å²) in [7, 11) is 0.